The summed E-state index contributed by atoms with van der Waals surface area (Å²) >= 11 is -1.43. The van der Waals surface area contributed by atoms with E-state index in [1.165, 1.54) is 12.5 Å². The topological polar surface area (TPSA) is 56.5 Å². The monoisotopic (exact) mass is 350 g/mol. The molecule has 1 heterocycles. The summed E-state index contributed by atoms with van der Waals surface area (Å²) in [7, 11) is 0. The molecule has 1 unspecified atom stereocenters. The van der Waals surface area contributed by atoms with Gasteiger partial charge in [0.2, 0.25) is 16.5 Å². The predicted molar refractivity (Wildman–Crippen MR) is 100 cm³/mol. The minimum atomic E-state index is -1.43. The average molecular weight is 350 g/mol. The summed E-state index contributed by atoms with van der Waals surface area (Å²) in [6.45, 7) is 0. The molecule has 4 rings (SSSR count). The highest BCUT2D eigenvalue weighted by molar-refractivity contribution is 7.79. The molecule has 0 radical (unpaired) electrons. The quantitative estimate of drug-likeness (QED) is 0.553. The zero-order chi connectivity index (χ0) is 17.4. The van der Waals surface area contributed by atoms with Crippen LogP contribution in [0.1, 0.15) is 0 Å². The van der Waals surface area contributed by atoms with Crippen LogP contribution in [0.4, 0.5) is 0 Å². The summed E-state index contributed by atoms with van der Waals surface area (Å²) in [6, 6.07) is 18.6. The third kappa shape index (κ3) is 2.83. The number of hydrogen-bond donors (Lipinski definition) is 0. The predicted octanol–water partition coefficient (Wildman–Crippen LogP) is 4.29. The van der Waals surface area contributed by atoms with Crippen LogP contribution in [0.15, 0.2) is 76.1 Å². The van der Waals surface area contributed by atoms with Gasteiger partial charge in [-0.25, -0.2) is 4.21 Å². The Labute approximate surface area is 146 Å². The van der Waals surface area contributed by atoms with Crippen molar-refractivity contribution in [3.63, 3.8) is 0 Å². The molecule has 0 aliphatic rings. The molecule has 0 aliphatic heterocycles. The lowest BCUT2D eigenvalue weighted by molar-refractivity contribution is 0.563. The summed E-state index contributed by atoms with van der Waals surface area (Å²) < 4.78 is 22.0. The van der Waals surface area contributed by atoms with Gasteiger partial charge in [-0.1, -0.05) is 42.5 Å². The van der Waals surface area contributed by atoms with Crippen LogP contribution in [0.5, 0.6) is 5.75 Å². The fourth-order valence-electron chi connectivity index (χ4n) is 2.94. The molecule has 4 aromatic rings. The minimum Gasteiger partial charge on any atom is -0.463 e. The molecular weight excluding hydrogens is 336 g/mol. The van der Waals surface area contributed by atoms with Gasteiger partial charge in [0.15, 0.2) is 0 Å². The molecule has 0 amide bonds. The molecule has 0 saturated carbocycles. The van der Waals surface area contributed by atoms with Gasteiger partial charge in [0.25, 0.3) is 0 Å². The molecule has 0 fully saturated rings. The van der Waals surface area contributed by atoms with Gasteiger partial charge < -0.3 is 8.60 Å². The molecule has 0 saturated heterocycles. The van der Waals surface area contributed by atoms with E-state index in [0.717, 1.165) is 16.3 Å². The minimum absolute atomic E-state index is 0.109. The third-order valence-electron chi connectivity index (χ3n) is 4.04. The molecule has 25 heavy (non-hydrogen) atoms. The second kappa shape index (κ2) is 6.18. The molecular formula is C20H14O4S. The number of fused-ring (bicyclic) bond motifs is 2. The zero-order valence-corrected chi connectivity index (χ0v) is 14.2. The molecule has 4 nitrogen and oxygen atoms in total. The summed E-state index contributed by atoms with van der Waals surface area (Å²) in [4.78, 5) is 12.9. The Morgan fingerprint density at radius 2 is 1.72 bits per heavy atom. The molecule has 0 aliphatic carbocycles. The standard InChI is InChI=1S/C20H14O4S/c1-25(22)24-14-9-10-17-19(11-14)23-12-18(20(17)21)16-8-4-6-13-5-2-3-7-15(13)16/h2-12H,1H3. The largest absolute Gasteiger partial charge is 0.463 e. The Kier molecular flexibility index (Phi) is 3.86. The van der Waals surface area contributed by atoms with Gasteiger partial charge in [-0.2, -0.15) is 0 Å². The maximum absolute atomic E-state index is 12.9. The van der Waals surface area contributed by atoms with E-state index in [4.69, 9.17) is 8.60 Å². The van der Waals surface area contributed by atoms with Crippen molar-refractivity contribution in [3.8, 4) is 16.9 Å². The van der Waals surface area contributed by atoms with Crippen LogP contribution >= 0.6 is 0 Å². The molecule has 3 aromatic carbocycles. The van der Waals surface area contributed by atoms with E-state index in [9.17, 15) is 9.00 Å². The van der Waals surface area contributed by atoms with Gasteiger partial charge in [0, 0.05) is 12.3 Å². The third-order valence-corrected chi connectivity index (χ3v) is 4.47. The first-order valence-corrected chi connectivity index (χ1v) is 9.17. The van der Waals surface area contributed by atoms with E-state index in [1.54, 1.807) is 18.2 Å². The molecule has 1 atom stereocenters. The maximum atomic E-state index is 12.9. The second-order valence-corrected chi connectivity index (χ2v) is 6.62. The van der Waals surface area contributed by atoms with E-state index in [0.29, 0.717) is 22.3 Å². The average Bonchev–Trinajstić information content (AvgIpc) is 2.61. The van der Waals surface area contributed by atoms with Gasteiger partial charge in [0.1, 0.15) is 17.6 Å². The number of hydrogen-bond acceptors (Lipinski definition) is 4. The summed E-state index contributed by atoms with van der Waals surface area (Å²) in [5.41, 5.74) is 1.64. The normalized spacial score (nSPS) is 12.4. The first kappa shape index (κ1) is 15.6. The Hall–Kier alpha value is -2.92. The molecule has 0 spiro atoms. The van der Waals surface area contributed by atoms with Crippen LogP contribution in [0.3, 0.4) is 0 Å². The SMILES string of the molecule is CS(=O)Oc1ccc2c(=O)c(-c3cccc4ccccc34)coc2c1. The van der Waals surface area contributed by atoms with Gasteiger partial charge in [-0.3, -0.25) is 4.79 Å². The summed E-state index contributed by atoms with van der Waals surface area (Å²) in [5, 5.41) is 2.52. The van der Waals surface area contributed by atoms with Gasteiger partial charge in [-0.05, 0) is 28.5 Å². The van der Waals surface area contributed by atoms with Crippen molar-refractivity contribution in [1.29, 1.82) is 0 Å². The van der Waals surface area contributed by atoms with E-state index in [1.807, 2.05) is 42.5 Å². The Morgan fingerprint density at radius 1 is 0.920 bits per heavy atom. The van der Waals surface area contributed by atoms with Crippen molar-refractivity contribution in [3.05, 3.63) is 77.2 Å². The van der Waals surface area contributed by atoms with Crippen molar-refractivity contribution in [2.45, 2.75) is 0 Å². The van der Waals surface area contributed by atoms with Crippen LogP contribution in [0, 0.1) is 0 Å². The highest BCUT2D eigenvalue weighted by atomic mass is 32.2. The fourth-order valence-corrected chi connectivity index (χ4v) is 3.32. The maximum Gasteiger partial charge on any atom is 0.203 e. The highest BCUT2D eigenvalue weighted by Gasteiger charge is 2.12. The van der Waals surface area contributed by atoms with Crippen LogP contribution in [0.2, 0.25) is 0 Å². The van der Waals surface area contributed by atoms with E-state index < -0.39 is 11.1 Å². The first-order chi connectivity index (χ1) is 12.1. The van der Waals surface area contributed by atoms with E-state index in [-0.39, 0.29) is 5.43 Å². The number of rotatable bonds is 3. The fraction of sp³-hybridized carbons (Fsp3) is 0.0500. The van der Waals surface area contributed by atoms with Crippen molar-refractivity contribution in [1.82, 2.24) is 0 Å². The van der Waals surface area contributed by atoms with Gasteiger partial charge in [-0.15, -0.1) is 0 Å². The van der Waals surface area contributed by atoms with Crippen LogP contribution in [-0.2, 0) is 11.1 Å². The summed E-state index contributed by atoms with van der Waals surface area (Å²) in [5.74, 6) is 0.398. The van der Waals surface area contributed by atoms with Crippen LogP contribution < -0.4 is 9.61 Å². The lowest BCUT2D eigenvalue weighted by Gasteiger charge is -2.07. The van der Waals surface area contributed by atoms with Crippen LogP contribution in [-0.4, -0.2) is 10.5 Å². The van der Waals surface area contributed by atoms with Crippen LogP contribution in [0.25, 0.3) is 32.9 Å². The summed E-state index contributed by atoms with van der Waals surface area (Å²) in [6.07, 6.45) is 2.91. The lowest BCUT2D eigenvalue weighted by atomic mass is 9.98. The number of benzene rings is 3. The van der Waals surface area contributed by atoms with Crippen molar-refractivity contribution in [2.24, 2.45) is 0 Å². The Bertz CT molecular complexity index is 1170. The van der Waals surface area contributed by atoms with Crippen molar-refractivity contribution < 1.29 is 12.8 Å². The molecule has 5 heteroatoms. The van der Waals surface area contributed by atoms with E-state index in [2.05, 4.69) is 0 Å². The first-order valence-electron chi connectivity index (χ1n) is 7.69. The van der Waals surface area contributed by atoms with E-state index >= 15 is 0 Å². The van der Waals surface area contributed by atoms with Crippen molar-refractivity contribution >= 4 is 32.8 Å². The Morgan fingerprint density at radius 3 is 2.56 bits per heavy atom. The molecule has 0 N–H and O–H groups in total. The smallest absolute Gasteiger partial charge is 0.203 e. The van der Waals surface area contributed by atoms with Gasteiger partial charge in [0.05, 0.1) is 10.9 Å². The Balaban J connectivity index is 1.92. The van der Waals surface area contributed by atoms with Gasteiger partial charge >= 0.3 is 0 Å². The molecule has 0 bridgehead atoms. The highest BCUT2D eigenvalue weighted by Crippen LogP contribution is 2.28. The second-order valence-electron chi connectivity index (χ2n) is 5.65. The van der Waals surface area contributed by atoms with Crippen molar-refractivity contribution in [2.75, 3.05) is 6.26 Å². The lowest BCUT2D eigenvalue weighted by Crippen LogP contribution is -2.05. The molecule has 124 valence electrons. The zero-order valence-electron chi connectivity index (χ0n) is 13.4. The molecule has 1 aromatic heterocycles.